The number of nitrogens with zero attached hydrogens (tertiary/aromatic N) is 3. The van der Waals surface area contributed by atoms with Crippen molar-refractivity contribution >= 4 is 11.8 Å². The molecular formula is C22H28N4O3. The first kappa shape index (κ1) is 19.5. The van der Waals surface area contributed by atoms with Crippen molar-refractivity contribution < 1.29 is 14.3 Å². The molecule has 0 bridgehead atoms. The fourth-order valence-electron chi connectivity index (χ4n) is 4.36. The van der Waals surface area contributed by atoms with E-state index in [1.165, 1.54) is 5.56 Å². The van der Waals surface area contributed by atoms with Crippen molar-refractivity contribution in [3.8, 4) is 5.75 Å². The molecule has 0 atom stereocenters. The van der Waals surface area contributed by atoms with Crippen LogP contribution in [0.25, 0.3) is 0 Å². The number of amides is 2. The lowest BCUT2D eigenvalue weighted by molar-refractivity contribution is -0.134. The zero-order valence-electron chi connectivity index (χ0n) is 17.3. The summed E-state index contributed by atoms with van der Waals surface area (Å²) < 4.78 is 8.19. The summed E-state index contributed by atoms with van der Waals surface area (Å²) >= 11 is 0. The quantitative estimate of drug-likeness (QED) is 0.863. The highest BCUT2D eigenvalue weighted by Gasteiger charge is 2.40. The van der Waals surface area contributed by atoms with E-state index in [1.807, 2.05) is 48.7 Å². The molecule has 2 aliphatic heterocycles. The first-order chi connectivity index (χ1) is 13.9. The Kier molecular flexibility index (Phi) is 5.06. The van der Waals surface area contributed by atoms with Crippen LogP contribution in [0, 0.1) is 13.8 Å². The first-order valence-corrected chi connectivity index (χ1v) is 10.2. The summed E-state index contributed by atoms with van der Waals surface area (Å²) in [7, 11) is 1.93. The van der Waals surface area contributed by atoms with E-state index in [-0.39, 0.29) is 11.8 Å². The van der Waals surface area contributed by atoms with Gasteiger partial charge in [-0.3, -0.25) is 14.3 Å². The number of fused-ring (bicyclic) bond motifs is 1. The molecular weight excluding hydrogens is 368 g/mol. The molecule has 1 aromatic carbocycles. The molecule has 1 spiro atoms. The molecule has 0 radical (unpaired) electrons. The number of hydrogen-bond donors (Lipinski definition) is 1. The zero-order valence-corrected chi connectivity index (χ0v) is 17.3. The fraction of sp³-hybridized carbons (Fsp3) is 0.500. The van der Waals surface area contributed by atoms with Crippen LogP contribution < -0.4 is 10.1 Å². The van der Waals surface area contributed by atoms with Crippen molar-refractivity contribution in [2.45, 2.75) is 45.1 Å². The van der Waals surface area contributed by atoms with Crippen LogP contribution in [0.1, 0.15) is 46.6 Å². The Morgan fingerprint density at radius 1 is 1.24 bits per heavy atom. The summed E-state index contributed by atoms with van der Waals surface area (Å²) in [5.74, 6) is 0.698. The van der Waals surface area contributed by atoms with Gasteiger partial charge in [-0.05, 0) is 38.0 Å². The van der Waals surface area contributed by atoms with Gasteiger partial charge in [-0.25, -0.2) is 0 Å². The molecule has 29 heavy (non-hydrogen) atoms. The molecule has 0 unspecified atom stereocenters. The number of aromatic nitrogens is 2. The average Bonchev–Trinajstić information content (AvgIpc) is 2.87. The van der Waals surface area contributed by atoms with E-state index in [0.29, 0.717) is 56.6 Å². The number of piperidine rings is 1. The Bertz CT molecular complexity index is 942. The largest absolute Gasteiger partial charge is 0.484 e. The van der Waals surface area contributed by atoms with Gasteiger partial charge in [0, 0.05) is 45.1 Å². The summed E-state index contributed by atoms with van der Waals surface area (Å²) in [6.07, 6.45) is 2.61. The van der Waals surface area contributed by atoms with Gasteiger partial charge in [-0.1, -0.05) is 12.1 Å². The third-order valence-electron chi connectivity index (χ3n) is 6.30. The van der Waals surface area contributed by atoms with Crippen LogP contribution in [-0.4, -0.2) is 51.7 Å². The molecule has 4 rings (SSSR count). The van der Waals surface area contributed by atoms with Gasteiger partial charge >= 0.3 is 0 Å². The minimum absolute atomic E-state index is 0.0989. The number of para-hydroxylation sites is 1. The zero-order chi connectivity index (χ0) is 20.6. The highest BCUT2D eigenvalue weighted by molar-refractivity contribution is 5.97. The maximum atomic E-state index is 12.8. The monoisotopic (exact) mass is 396 g/mol. The smallest absolute Gasteiger partial charge is 0.255 e. The Labute approximate surface area is 171 Å². The van der Waals surface area contributed by atoms with Gasteiger partial charge in [-0.2, -0.15) is 5.10 Å². The van der Waals surface area contributed by atoms with E-state index in [2.05, 4.69) is 10.4 Å². The van der Waals surface area contributed by atoms with E-state index >= 15 is 0 Å². The molecule has 1 saturated heterocycles. The van der Waals surface area contributed by atoms with Crippen LogP contribution in [-0.2, 0) is 18.3 Å². The van der Waals surface area contributed by atoms with Gasteiger partial charge in [0.15, 0.2) is 0 Å². The van der Waals surface area contributed by atoms with Gasteiger partial charge in [0.2, 0.25) is 5.91 Å². The minimum Gasteiger partial charge on any atom is -0.484 e. The maximum Gasteiger partial charge on any atom is 0.255 e. The normalized spacial score (nSPS) is 18.0. The molecule has 0 aliphatic carbocycles. The molecule has 2 amide bonds. The second kappa shape index (κ2) is 7.54. The number of ether oxygens (including phenoxy) is 1. The number of aryl methyl sites for hydroxylation is 2. The predicted octanol–water partition coefficient (Wildman–Crippen LogP) is 2.15. The van der Waals surface area contributed by atoms with Gasteiger partial charge in [0.05, 0.1) is 17.8 Å². The van der Waals surface area contributed by atoms with Crippen LogP contribution in [0.15, 0.2) is 24.3 Å². The molecule has 3 heterocycles. The second-order valence-corrected chi connectivity index (χ2v) is 8.12. The van der Waals surface area contributed by atoms with Crippen molar-refractivity contribution in [2.24, 2.45) is 7.05 Å². The molecule has 1 fully saturated rings. The summed E-state index contributed by atoms with van der Waals surface area (Å²) in [4.78, 5) is 27.0. The second-order valence-electron chi connectivity index (χ2n) is 8.12. The number of likely N-dealkylation sites (tertiary alicyclic amines) is 1. The first-order valence-electron chi connectivity index (χ1n) is 10.2. The Hall–Kier alpha value is -2.83. The van der Waals surface area contributed by atoms with Gasteiger partial charge in [0.1, 0.15) is 11.4 Å². The Balaban J connectivity index is 1.38. The van der Waals surface area contributed by atoms with E-state index in [9.17, 15) is 9.59 Å². The van der Waals surface area contributed by atoms with Crippen molar-refractivity contribution in [3.63, 3.8) is 0 Å². The van der Waals surface area contributed by atoms with E-state index in [1.54, 1.807) is 6.07 Å². The molecule has 7 heteroatoms. The Morgan fingerprint density at radius 2 is 1.97 bits per heavy atom. The van der Waals surface area contributed by atoms with E-state index < -0.39 is 5.60 Å². The molecule has 0 saturated carbocycles. The summed E-state index contributed by atoms with van der Waals surface area (Å²) in [5.41, 5.74) is 3.41. The summed E-state index contributed by atoms with van der Waals surface area (Å²) in [6, 6.07) is 7.35. The van der Waals surface area contributed by atoms with Crippen LogP contribution in [0.5, 0.6) is 5.75 Å². The van der Waals surface area contributed by atoms with Crippen molar-refractivity contribution in [1.82, 2.24) is 20.0 Å². The highest BCUT2D eigenvalue weighted by atomic mass is 16.5. The molecule has 2 aliphatic rings. The van der Waals surface area contributed by atoms with E-state index in [0.717, 1.165) is 11.4 Å². The predicted molar refractivity (Wildman–Crippen MR) is 109 cm³/mol. The topological polar surface area (TPSA) is 76.5 Å². The average molecular weight is 396 g/mol. The summed E-state index contributed by atoms with van der Waals surface area (Å²) in [6.45, 7) is 5.79. The molecule has 7 nitrogen and oxygen atoms in total. The Morgan fingerprint density at radius 3 is 2.66 bits per heavy atom. The standard InChI is InChI=1S/C22H28N4O3/c1-15-17(16(2)25(3)24-15)8-9-20(27)26-12-10-22(11-13-26)14-23-21(28)18-6-4-5-7-19(18)29-22/h4-7H,8-14H2,1-3H3,(H,23,28). The number of carbonyl (C=O) groups is 2. The van der Waals surface area contributed by atoms with Crippen LogP contribution in [0.2, 0.25) is 0 Å². The fourth-order valence-corrected chi connectivity index (χ4v) is 4.36. The van der Waals surface area contributed by atoms with Gasteiger partial charge in [0.25, 0.3) is 5.91 Å². The van der Waals surface area contributed by atoms with Crippen molar-refractivity contribution in [3.05, 3.63) is 46.8 Å². The van der Waals surface area contributed by atoms with E-state index in [4.69, 9.17) is 4.74 Å². The molecule has 154 valence electrons. The van der Waals surface area contributed by atoms with Gasteiger partial charge in [-0.15, -0.1) is 0 Å². The van der Waals surface area contributed by atoms with Crippen LogP contribution >= 0.6 is 0 Å². The number of rotatable bonds is 3. The lowest BCUT2D eigenvalue weighted by atomic mass is 9.90. The number of benzene rings is 1. The van der Waals surface area contributed by atoms with Crippen molar-refractivity contribution in [1.29, 1.82) is 0 Å². The SMILES string of the molecule is Cc1nn(C)c(C)c1CCC(=O)N1CCC2(CC1)CNC(=O)c1ccccc1O2. The number of hydrogen-bond acceptors (Lipinski definition) is 4. The highest BCUT2D eigenvalue weighted by Crippen LogP contribution is 2.33. The van der Waals surface area contributed by atoms with Crippen LogP contribution in [0.4, 0.5) is 0 Å². The maximum absolute atomic E-state index is 12.8. The number of carbonyl (C=O) groups excluding carboxylic acids is 2. The van der Waals surface area contributed by atoms with Gasteiger partial charge < -0.3 is 15.0 Å². The lowest BCUT2D eigenvalue weighted by Crippen LogP contribution is -2.54. The molecule has 1 aromatic heterocycles. The minimum atomic E-state index is -0.449. The van der Waals surface area contributed by atoms with Crippen molar-refractivity contribution in [2.75, 3.05) is 19.6 Å². The third-order valence-corrected chi connectivity index (χ3v) is 6.30. The molecule has 2 aromatic rings. The van der Waals surface area contributed by atoms with Crippen LogP contribution in [0.3, 0.4) is 0 Å². The number of nitrogens with one attached hydrogen (secondary N) is 1. The lowest BCUT2D eigenvalue weighted by Gasteiger charge is -2.41. The third kappa shape index (κ3) is 3.73. The summed E-state index contributed by atoms with van der Waals surface area (Å²) in [5, 5.41) is 7.42. The molecule has 1 N–H and O–H groups in total.